The number of thiol groups is 1. The van der Waals surface area contributed by atoms with Gasteiger partial charge >= 0.3 is 0 Å². The number of carbonyl (C=O) groups is 1. The van der Waals surface area contributed by atoms with E-state index in [1.807, 2.05) is 37.1 Å². The fourth-order valence-corrected chi connectivity index (χ4v) is 2.78. The van der Waals surface area contributed by atoms with Crippen LogP contribution in [0.25, 0.3) is 0 Å². The first-order valence-electron chi connectivity index (χ1n) is 6.74. The summed E-state index contributed by atoms with van der Waals surface area (Å²) in [5.41, 5.74) is 1.79. The highest BCUT2D eigenvalue weighted by atomic mass is 32.1. The average Bonchev–Trinajstić information content (AvgIpc) is 2.41. The van der Waals surface area contributed by atoms with Crippen LogP contribution in [-0.4, -0.2) is 48.9 Å². The molecule has 1 heterocycles. The molecule has 0 N–H and O–H groups in total. The maximum atomic E-state index is 12.6. The van der Waals surface area contributed by atoms with Gasteiger partial charge in [0.15, 0.2) is 0 Å². The number of hydrogen-bond donors (Lipinski definition) is 1. The molecule has 1 fully saturated rings. The van der Waals surface area contributed by atoms with Crippen LogP contribution in [0.15, 0.2) is 23.1 Å². The molecule has 104 valence electrons. The molecule has 2 rings (SSSR count). The first-order chi connectivity index (χ1) is 8.99. The summed E-state index contributed by atoms with van der Waals surface area (Å²) >= 11 is 4.33. The number of benzene rings is 1. The highest BCUT2D eigenvalue weighted by Gasteiger charge is 2.25. The van der Waals surface area contributed by atoms with E-state index in [9.17, 15) is 4.79 Å². The number of aryl methyl sites for hydroxylation is 1. The van der Waals surface area contributed by atoms with E-state index in [2.05, 4.69) is 24.6 Å². The van der Waals surface area contributed by atoms with Crippen molar-refractivity contribution >= 4 is 18.5 Å². The number of hydrogen-bond acceptors (Lipinski definition) is 3. The third-order valence-corrected chi connectivity index (χ3v) is 4.29. The summed E-state index contributed by atoms with van der Waals surface area (Å²) in [6.07, 6.45) is 2.11. The molecule has 1 aromatic rings. The summed E-state index contributed by atoms with van der Waals surface area (Å²) in [4.78, 5) is 17.6. The van der Waals surface area contributed by atoms with Crippen LogP contribution in [0.3, 0.4) is 0 Å². The van der Waals surface area contributed by atoms with Gasteiger partial charge in [0.25, 0.3) is 5.91 Å². The zero-order valence-corrected chi connectivity index (χ0v) is 12.8. The Balaban J connectivity index is 2.12. The monoisotopic (exact) mass is 278 g/mol. The second-order valence-electron chi connectivity index (χ2n) is 5.45. The quantitative estimate of drug-likeness (QED) is 0.840. The molecule has 4 heteroatoms. The molecule has 0 bridgehead atoms. The molecule has 0 saturated carbocycles. The van der Waals surface area contributed by atoms with Crippen molar-refractivity contribution < 1.29 is 4.79 Å². The zero-order chi connectivity index (χ0) is 14.0. The van der Waals surface area contributed by atoms with Gasteiger partial charge in [0.05, 0.1) is 0 Å². The minimum atomic E-state index is 0.114. The molecule has 1 aromatic carbocycles. The van der Waals surface area contributed by atoms with E-state index in [4.69, 9.17) is 0 Å². The molecule has 19 heavy (non-hydrogen) atoms. The summed E-state index contributed by atoms with van der Waals surface area (Å²) in [6, 6.07) is 6.10. The van der Waals surface area contributed by atoms with Crippen molar-refractivity contribution in [2.24, 2.45) is 0 Å². The summed E-state index contributed by atoms with van der Waals surface area (Å²) in [7, 11) is 4.05. The summed E-state index contributed by atoms with van der Waals surface area (Å²) in [6.45, 7) is 4.10. The molecule has 1 amide bonds. The molecule has 0 radical (unpaired) electrons. The smallest absolute Gasteiger partial charge is 0.254 e. The fraction of sp³-hybridized carbons (Fsp3) is 0.533. The Morgan fingerprint density at radius 3 is 2.63 bits per heavy atom. The lowest BCUT2D eigenvalue weighted by atomic mass is 10.0. The zero-order valence-electron chi connectivity index (χ0n) is 11.9. The molecule has 1 saturated heterocycles. The Hall–Kier alpha value is -1.00. The number of likely N-dealkylation sites (tertiary alicyclic amines) is 1. The number of nitrogens with zero attached hydrogens (tertiary/aromatic N) is 2. The van der Waals surface area contributed by atoms with Crippen molar-refractivity contribution in [3.8, 4) is 0 Å². The molecule has 1 aliphatic rings. The highest BCUT2D eigenvalue weighted by Crippen LogP contribution is 2.20. The fourth-order valence-electron chi connectivity index (χ4n) is 2.58. The topological polar surface area (TPSA) is 23.6 Å². The van der Waals surface area contributed by atoms with Gasteiger partial charge in [-0.3, -0.25) is 4.79 Å². The van der Waals surface area contributed by atoms with Gasteiger partial charge < -0.3 is 9.80 Å². The highest BCUT2D eigenvalue weighted by molar-refractivity contribution is 7.80. The SMILES string of the molecule is Cc1ccc(S)cc1C(=O)N(C)C1CCN(C)CC1. The van der Waals surface area contributed by atoms with Crippen molar-refractivity contribution in [1.82, 2.24) is 9.80 Å². The molecular formula is C15H22N2OS. The summed E-state index contributed by atoms with van der Waals surface area (Å²) in [5.74, 6) is 0.114. The lowest BCUT2D eigenvalue weighted by Crippen LogP contribution is -2.44. The number of rotatable bonds is 2. The Bertz CT molecular complexity index is 467. The number of carbonyl (C=O) groups excluding carboxylic acids is 1. The molecule has 0 atom stereocenters. The first-order valence-corrected chi connectivity index (χ1v) is 7.19. The first kappa shape index (κ1) is 14.4. The van der Waals surface area contributed by atoms with Crippen LogP contribution in [0.4, 0.5) is 0 Å². The Labute approximate surface area is 121 Å². The van der Waals surface area contributed by atoms with Gasteiger partial charge in [-0.15, -0.1) is 12.6 Å². The van der Waals surface area contributed by atoms with E-state index in [1.165, 1.54) is 0 Å². The third-order valence-electron chi connectivity index (χ3n) is 4.01. The molecule has 0 spiro atoms. The van der Waals surface area contributed by atoms with Gasteiger partial charge in [0.2, 0.25) is 0 Å². The Morgan fingerprint density at radius 2 is 2.00 bits per heavy atom. The Morgan fingerprint density at radius 1 is 1.37 bits per heavy atom. The lowest BCUT2D eigenvalue weighted by Gasteiger charge is -2.35. The van der Waals surface area contributed by atoms with E-state index in [0.717, 1.165) is 42.0 Å². The van der Waals surface area contributed by atoms with Crippen LogP contribution in [0.5, 0.6) is 0 Å². The number of amides is 1. The van der Waals surface area contributed by atoms with Gasteiger partial charge in [0.1, 0.15) is 0 Å². The second kappa shape index (κ2) is 5.97. The van der Waals surface area contributed by atoms with Crippen LogP contribution < -0.4 is 0 Å². The summed E-state index contributed by atoms with van der Waals surface area (Å²) < 4.78 is 0. The van der Waals surface area contributed by atoms with Gasteiger partial charge in [-0.05, 0) is 57.6 Å². The van der Waals surface area contributed by atoms with Gasteiger partial charge in [-0.25, -0.2) is 0 Å². The summed E-state index contributed by atoms with van der Waals surface area (Å²) in [5, 5.41) is 0. The average molecular weight is 278 g/mol. The van der Waals surface area contributed by atoms with Crippen LogP contribution in [0.2, 0.25) is 0 Å². The van der Waals surface area contributed by atoms with Crippen molar-refractivity contribution in [3.05, 3.63) is 29.3 Å². The van der Waals surface area contributed by atoms with Crippen LogP contribution >= 0.6 is 12.6 Å². The molecular weight excluding hydrogens is 256 g/mol. The molecule has 0 aliphatic carbocycles. The third kappa shape index (κ3) is 3.31. The van der Waals surface area contributed by atoms with Crippen molar-refractivity contribution in [2.45, 2.75) is 30.7 Å². The van der Waals surface area contributed by atoms with Crippen LogP contribution in [0.1, 0.15) is 28.8 Å². The molecule has 1 aliphatic heterocycles. The van der Waals surface area contributed by atoms with E-state index in [1.54, 1.807) is 0 Å². The predicted molar refractivity (Wildman–Crippen MR) is 81.0 cm³/mol. The minimum absolute atomic E-state index is 0.114. The van der Waals surface area contributed by atoms with Crippen molar-refractivity contribution in [2.75, 3.05) is 27.2 Å². The van der Waals surface area contributed by atoms with E-state index >= 15 is 0 Å². The van der Waals surface area contributed by atoms with Gasteiger partial charge in [-0.1, -0.05) is 6.07 Å². The van der Waals surface area contributed by atoms with Crippen molar-refractivity contribution in [3.63, 3.8) is 0 Å². The van der Waals surface area contributed by atoms with Crippen LogP contribution in [-0.2, 0) is 0 Å². The maximum Gasteiger partial charge on any atom is 0.254 e. The normalized spacial score (nSPS) is 17.5. The van der Waals surface area contributed by atoms with E-state index in [-0.39, 0.29) is 5.91 Å². The predicted octanol–water partition coefficient (Wildman–Crippen LogP) is 2.45. The van der Waals surface area contributed by atoms with Gasteiger partial charge in [-0.2, -0.15) is 0 Å². The van der Waals surface area contributed by atoms with E-state index < -0.39 is 0 Å². The lowest BCUT2D eigenvalue weighted by molar-refractivity contribution is 0.0658. The second-order valence-corrected chi connectivity index (χ2v) is 5.97. The number of piperidine rings is 1. The molecule has 3 nitrogen and oxygen atoms in total. The minimum Gasteiger partial charge on any atom is -0.339 e. The molecule has 0 unspecified atom stereocenters. The van der Waals surface area contributed by atoms with Crippen molar-refractivity contribution in [1.29, 1.82) is 0 Å². The largest absolute Gasteiger partial charge is 0.339 e. The van der Waals surface area contributed by atoms with E-state index in [0.29, 0.717) is 6.04 Å². The maximum absolute atomic E-state index is 12.6. The van der Waals surface area contributed by atoms with Gasteiger partial charge in [0, 0.05) is 23.5 Å². The van der Waals surface area contributed by atoms with Crippen LogP contribution in [0, 0.1) is 6.92 Å². The standard InChI is InChI=1S/C15H22N2OS/c1-11-4-5-13(19)10-14(11)15(18)17(3)12-6-8-16(2)9-7-12/h4-5,10,12,19H,6-9H2,1-3H3. The Kier molecular flexibility index (Phi) is 4.53. The molecule has 0 aromatic heterocycles.